The van der Waals surface area contributed by atoms with Crippen LogP contribution in [0.15, 0.2) is 48.5 Å². The number of rotatable bonds is 5. The average Bonchev–Trinajstić information content (AvgIpc) is 3.03. The first-order valence-corrected chi connectivity index (χ1v) is 8.58. The molecular formula is C15H15N5O2S. The van der Waals surface area contributed by atoms with Crippen LogP contribution in [0.3, 0.4) is 0 Å². The van der Waals surface area contributed by atoms with Gasteiger partial charge in [0, 0.05) is 11.3 Å². The smallest absolute Gasteiger partial charge is 0.236 e. The summed E-state index contributed by atoms with van der Waals surface area (Å²) < 4.78 is 27.3. The summed E-state index contributed by atoms with van der Waals surface area (Å²) in [5.74, 6) is 0.330. The van der Waals surface area contributed by atoms with Gasteiger partial charge in [-0.1, -0.05) is 36.4 Å². The highest BCUT2D eigenvalue weighted by Gasteiger charge is 2.14. The Balaban J connectivity index is 1.81. The van der Waals surface area contributed by atoms with E-state index in [-0.39, 0.29) is 5.75 Å². The SMILES string of the molecule is Cc1ccccc1CS(=O)(=O)Nc1cccc(-c2nn[nH]n2)c1. The van der Waals surface area contributed by atoms with Crippen molar-refractivity contribution in [2.75, 3.05) is 4.72 Å². The number of sulfonamides is 1. The number of aromatic amines is 1. The summed E-state index contributed by atoms with van der Waals surface area (Å²) >= 11 is 0. The number of H-pyrrole nitrogens is 1. The first kappa shape index (κ1) is 15.2. The molecule has 1 heterocycles. The van der Waals surface area contributed by atoms with Crippen LogP contribution in [-0.4, -0.2) is 29.0 Å². The van der Waals surface area contributed by atoms with Gasteiger partial charge in [0.1, 0.15) is 0 Å². The van der Waals surface area contributed by atoms with Crippen LogP contribution in [-0.2, 0) is 15.8 Å². The van der Waals surface area contributed by atoms with Gasteiger partial charge in [-0.2, -0.15) is 5.21 Å². The molecule has 0 saturated heterocycles. The predicted octanol–water partition coefficient (Wildman–Crippen LogP) is 2.12. The molecule has 0 fully saturated rings. The Morgan fingerprint density at radius 1 is 1.13 bits per heavy atom. The third-order valence-electron chi connectivity index (χ3n) is 3.35. The highest BCUT2D eigenvalue weighted by atomic mass is 32.2. The molecule has 0 atom stereocenters. The maximum absolute atomic E-state index is 12.4. The van der Waals surface area contributed by atoms with E-state index in [2.05, 4.69) is 25.3 Å². The number of hydrogen-bond donors (Lipinski definition) is 2. The Hall–Kier alpha value is -2.74. The Kier molecular flexibility index (Phi) is 4.07. The summed E-state index contributed by atoms with van der Waals surface area (Å²) in [6.45, 7) is 1.89. The van der Waals surface area contributed by atoms with Gasteiger partial charge >= 0.3 is 0 Å². The standard InChI is InChI=1S/C15H15N5O2S/c1-11-5-2-3-6-13(11)10-23(21,22)18-14-8-4-7-12(9-14)15-16-19-20-17-15/h2-9,18H,10H2,1H3,(H,16,17,19,20). The number of nitrogens with one attached hydrogen (secondary N) is 2. The van der Waals surface area contributed by atoms with Gasteiger partial charge in [-0.15, -0.1) is 10.2 Å². The second-order valence-corrected chi connectivity index (χ2v) is 6.83. The molecule has 0 aliphatic heterocycles. The summed E-state index contributed by atoms with van der Waals surface area (Å²) in [5, 5.41) is 13.6. The van der Waals surface area contributed by atoms with Crippen molar-refractivity contribution >= 4 is 15.7 Å². The van der Waals surface area contributed by atoms with E-state index in [9.17, 15) is 8.42 Å². The first-order chi connectivity index (χ1) is 11.0. The maximum atomic E-state index is 12.4. The number of hydrogen-bond acceptors (Lipinski definition) is 5. The second-order valence-electron chi connectivity index (χ2n) is 5.10. The van der Waals surface area contributed by atoms with Crippen LogP contribution >= 0.6 is 0 Å². The van der Waals surface area contributed by atoms with E-state index >= 15 is 0 Å². The summed E-state index contributed by atoms with van der Waals surface area (Å²) in [6, 6.07) is 14.3. The minimum atomic E-state index is -3.51. The number of tetrazole rings is 1. The van der Waals surface area contributed by atoms with Crippen molar-refractivity contribution in [2.45, 2.75) is 12.7 Å². The molecule has 0 saturated carbocycles. The highest BCUT2D eigenvalue weighted by molar-refractivity contribution is 7.91. The van der Waals surface area contributed by atoms with Crippen molar-refractivity contribution < 1.29 is 8.42 Å². The van der Waals surface area contributed by atoms with E-state index in [1.807, 2.05) is 31.2 Å². The third kappa shape index (κ3) is 3.72. The lowest BCUT2D eigenvalue weighted by atomic mass is 10.1. The Morgan fingerprint density at radius 2 is 1.96 bits per heavy atom. The van der Waals surface area contributed by atoms with Crippen molar-refractivity contribution in [3.8, 4) is 11.4 Å². The fourth-order valence-corrected chi connectivity index (χ4v) is 3.49. The molecule has 23 heavy (non-hydrogen) atoms. The van der Waals surface area contributed by atoms with Gasteiger partial charge in [0.25, 0.3) is 0 Å². The lowest BCUT2D eigenvalue weighted by Crippen LogP contribution is -2.15. The zero-order chi connectivity index (χ0) is 16.3. The molecule has 3 aromatic rings. The van der Waals surface area contributed by atoms with Crippen LogP contribution in [0.4, 0.5) is 5.69 Å². The van der Waals surface area contributed by atoms with Crippen molar-refractivity contribution in [2.24, 2.45) is 0 Å². The normalized spacial score (nSPS) is 11.3. The van der Waals surface area contributed by atoms with Crippen LogP contribution in [0.5, 0.6) is 0 Å². The zero-order valence-corrected chi connectivity index (χ0v) is 13.2. The average molecular weight is 329 g/mol. The van der Waals surface area contributed by atoms with Gasteiger partial charge in [-0.3, -0.25) is 4.72 Å². The van der Waals surface area contributed by atoms with Crippen LogP contribution in [0, 0.1) is 6.92 Å². The van der Waals surface area contributed by atoms with Crippen molar-refractivity contribution in [3.63, 3.8) is 0 Å². The fraction of sp³-hybridized carbons (Fsp3) is 0.133. The van der Waals surface area contributed by atoms with E-state index in [1.54, 1.807) is 24.3 Å². The van der Waals surface area contributed by atoms with Gasteiger partial charge in [0.05, 0.1) is 5.75 Å². The molecule has 0 spiro atoms. The molecule has 0 aliphatic rings. The third-order valence-corrected chi connectivity index (χ3v) is 4.58. The Bertz CT molecular complexity index is 907. The molecule has 2 N–H and O–H groups in total. The monoisotopic (exact) mass is 329 g/mol. The lowest BCUT2D eigenvalue weighted by molar-refractivity contribution is 0.600. The molecule has 118 valence electrons. The van der Waals surface area contributed by atoms with Crippen LogP contribution in [0.1, 0.15) is 11.1 Å². The molecular weight excluding hydrogens is 314 g/mol. The molecule has 8 heteroatoms. The number of aromatic nitrogens is 4. The van der Waals surface area contributed by atoms with Crippen molar-refractivity contribution in [1.29, 1.82) is 0 Å². The number of benzene rings is 2. The topological polar surface area (TPSA) is 101 Å². The van der Waals surface area contributed by atoms with E-state index in [4.69, 9.17) is 0 Å². The summed E-state index contributed by atoms with van der Waals surface area (Å²) in [6.07, 6.45) is 0. The Morgan fingerprint density at radius 3 is 2.70 bits per heavy atom. The number of nitrogens with zero attached hydrogens (tertiary/aromatic N) is 3. The van der Waals surface area contributed by atoms with Gasteiger partial charge in [-0.25, -0.2) is 8.42 Å². The summed E-state index contributed by atoms with van der Waals surface area (Å²) in [7, 11) is -3.51. The van der Waals surface area contributed by atoms with Gasteiger partial charge in [0.15, 0.2) is 0 Å². The van der Waals surface area contributed by atoms with Gasteiger partial charge < -0.3 is 0 Å². The van der Waals surface area contributed by atoms with E-state index in [1.165, 1.54) is 0 Å². The first-order valence-electron chi connectivity index (χ1n) is 6.92. The largest absolute Gasteiger partial charge is 0.283 e. The van der Waals surface area contributed by atoms with E-state index < -0.39 is 10.0 Å². The number of aryl methyl sites for hydroxylation is 1. The minimum absolute atomic E-state index is 0.0773. The van der Waals surface area contributed by atoms with Crippen LogP contribution in [0.25, 0.3) is 11.4 Å². The zero-order valence-electron chi connectivity index (χ0n) is 12.4. The van der Waals surface area contributed by atoms with Crippen LogP contribution in [0.2, 0.25) is 0 Å². The molecule has 0 aliphatic carbocycles. The number of anilines is 1. The predicted molar refractivity (Wildman–Crippen MR) is 87.0 cm³/mol. The maximum Gasteiger partial charge on any atom is 0.236 e. The molecule has 7 nitrogen and oxygen atoms in total. The molecule has 2 aromatic carbocycles. The van der Waals surface area contributed by atoms with Gasteiger partial charge in [0.2, 0.25) is 15.8 Å². The fourth-order valence-electron chi connectivity index (χ4n) is 2.20. The molecule has 1 aromatic heterocycles. The highest BCUT2D eigenvalue weighted by Crippen LogP contribution is 2.20. The van der Waals surface area contributed by atoms with E-state index in [0.29, 0.717) is 17.1 Å². The van der Waals surface area contributed by atoms with E-state index in [0.717, 1.165) is 11.1 Å². The lowest BCUT2D eigenvalue weighted by Gasteiger charge is -2.10. The second kappa shape index (κ2) is 6.17. The minimum Gasteiger partial charge on any atom is -0.283 e. The Labute approximate surface area is 133 Å². The molecule has 0 radical (unpaired) electrons. The summed E-state index contributed by atoms with van der Waals surface area (Å²) in [4.78, 5) is 0. The van der Waals surface area contributed by atoms with Crippen molar-refractivity contribution in [3.05, 3.63) is 59.7 Å². The molecule has 0 unspecified atom stereocenters. The summed E-state index contributed by atoms with van der Waals surface area (Å²) in [5.41, 5.74) is 2.85. The van der Waals surface area contributed by atoms with Crippen LogP contribution < -0.4 is 4.72 Å². The quantitative estimate of drug-likeness (QED) is 0.746. The van der Waals surface area contributed by atoms with Gasteiger partial charge in [-0.05, 0) is 35.4 Å². The molecule has 3 rings (SSSR count). The molecule has 0 bridgehead atoms. The van der Waals surface area contributed by atoms with Crippen molar-refractivity contribution in [1.82, 2.24) is 20.6 Å². The molecule has 0 amide bonds.